The predicted molar refractivity (Wildman–Crippen MR) is 160 cm³/mol. The van der Waals surface area contributed by atoms with Crippen LogP contribution in [0.25, 0.3) is 6.08 Å². The summed E-state index contributed by atoms with van der Waals surface area (Å²) in [4.78, 5) is 31.1. The third-order valence-corrected chi connectivity index (χ3v) is 8.84. The van der Waals surface area contributed by atoms with Crippen LogP contribution in [-0.4, -0.2) is 53.5 Å². The number of hydrogen-bond donors (Lipinski definition) is 0. The van der Waals surface area contributed by atoms with E-state index >= 15 is 0 Å². The van der Waals surface area contributed by atoms with Crippen molar-refractivity contribution in [2.75, 3.05) is 38.8 Å². The maximum absolute atomic E-state index is 13.5. The molecule has 1 amide bonds. The van der Waals surface area contributed by atoms with Gasteiger partial charge in [-0.05, 0) is 68.4 Å². The molecule has 10 heteroatoms. The Hall–Kier alpha value is -3.29. The van der Waals surface area contributed by atoms with Crippen molar-refractivity contribution in [1.82, 2.24) is 9.47 Å². The van der Waals surface area contributed by atoms with Crippen LogP contribution in [-0.2, 0) is 17.8 Å². The van der Waals surface area contributed by atoms with Crippen LogP contribution in [0.5, 0.6) is 11.5 Å². The molecule has 2 fully saturated rings. The van der Waals surface area contributed by atoms with Crippen molar-refractivity contribution in [3.8, 4) is 17.6 Å². The summed E-state index contributed by atoms with van der Waals surface area (Å²) < 4.78 is 12.9. The number of methoxy groups -OCH3 is 2. The van der Waals surface area contributed by atoms with Crippen LogP contribution >= 0.6 is 24.0 Å². The molecule has 0 aliphatic carbocycles. The largest absolute Gasteiger partial charge is 0.493 e. The molecule has 0 saturated carbocycles. The SMILES string of the molecule is CCn1c(N2CCC(C)CC2)c(C=C2SC(=S)N(CCc3ccc(OC)c(OC)c3)C2=O)c(C)c(C#N)c1=O. The summed E-state index contributed by atoms with van der Waals surface area (Å²) in [5.74, 6) is 2.51. The summed E-state index contributed by atoms with van der Waals surface area (Å²) in [7, 11) is 3.18. The molecular weight excluding hydrogens is 532 g/mol. The van der Waals surface area contributed by atoms with Crippen LogP contribution in [0.3, 0.4) is 0 Å². The average Bonchev–Trinajstić information content (AvgIpc) is 3.20. The van der Waals surface area contributed by atoms with Gasteiger partial charge in [0.1, 0.15) is 21.8 Å². The van der Waals surface area contributed by atoms with E-state index in [1.165, 1.54) is 11.8 Å². The van der Waals surface area contributed by atoms with Gasteiger partial charge in [0.25, 0.3) is 11.5 Å². The number of anilines is 1. The van der Waals surface area contributed by atoms with Crippen LogP contribution < -0.4 is 19.9 Å². The van der Waals surface area contributed by atoms with Crippen molar-refractivity contribution in [3.05, 3.63) is 55.7 Å². The second kappa shape index (κ2) is 12.3. The molecule has 0 unspecified atom stereocenters. The van der Waals surface area contributed by atoms with E-state index in [1.54, 1.807) is 30.6 Å². The van der Waals surface area contributed by atoms with Crippen molar-refractivity contribution in [3.63, 3.8) is 0 Å². The fourth-order valence-corrected chi connectivity index (χ4v) is 6.39. The standard InChI is InChI=1S/C29H34N4O4S2/c1-6-32-26(31-12-9-18(2)10-13-31)21(19(3)22(17-30)27(32)34)16-25-28(35)33(29(38)39-25)14-11-20-7-8-23(36-4)24(15-20)37-5/h7-8,15-16,18H,6,9-14H2,1-5H3. The van der Waals surface area contributed by atoms with Crippen LogP contribution in [0.1, 0.15) is 48.9 Å². The summed E-state index contributed by atoms with van der Waals surface area (Å²) in [5.41, 5.74) is 2.16. The zero-order chi connectivity index (χ0) is 28.3. The van der Waals surface area contributed by atoms with Crippen molar-refractivity contribution >= 4 is 46.1 Å². The fraction of sp³-hybridized carbons (Fsp3) is 0.448. The van der Waals surface area contributed by atoms with Crippen molar-refractivity contribution < 1.29 is 14.3 Å². The number of piperidine rings is 1. The summed E-state index contributed by atoms with van der Waals surface area (Å²) in [6, 6.07) is 7.79. The lowest BCUT2D eigenvalue weighted by Crippen LogP contribution is -2.39. The molecular formula is C29H34N4O4S2. The van der Waals surface area contributed by atoms with E-state index in [1.807, 2.05) is 31.2 Å². The van der Waals surface area contributed by atoms with Gasteiger partial charge in [0.15, 0.2) is 11.5 Å². The number of thiocarbonyl (C=S) groups is 1. The zero-order valence-electron chi connectivity index (χ0n) is 23.1. The molecule has 8 nitrogen and oxygen atoms in total. The topological polar surface area (TPSA) is 87.8 Å². The number of ether oxygens (including phenoxy) is 2. The highest BCUT2D eigenvalue weighted by atomic mass is 32.2. The number of hydrogen-bond acceptors (Lipinski definition) is 8. The van der Waals surface area contributed by atoms with E-state index in [9.17, 15) is 14.9 Å². The Kier molecular flexibility index (Phi) is 9.03. The van der Waals surface area contributed by atoms with Gasteiger partial charge < -0.3 is 14.4 Å². The summed E-state index contributed by atoms with van der Waals surface area (Å²) >= 11 is 6.86. The van der Waals surface area contributed by atoms with Crippen molar-refractivity contribution in [2.24, 2.45) is 5.92 Å². The molecule has 2 saturated heterocycles. The molecule has 2 aliphatic rings. The minimum Gasteiger partial charge on any atom is -0.493 e. The number of amides is 1. The van der Waals surface area contributed by atoms with Crippen molar-refractivity contribution in [1.29, 1.82) is 5.26 Å². The van der Waals surface area contributed by atoms with Crippen LogP contribution in [0.2, 0.25) is 0 Å². The molecule has 0 N–H and O–H groups in total. The van der Waals surface area contributed by atoms with Crippen molar-refractivity contribution in [2.45, 2.75) is 46.6 Å². The number of nitrogens with zero attached hydrogens (tertiary/aromatic N) is 4. The minimum atomic E-state index is -0.286. The highest BCUT2D eigenvalue weighted by Gasteiger charge is 2.33. The Balaban J connectivity index is 1.68. The van der Waals surface area contributed by atoms with Gasteiger partial charge in [-0.2, -0.15) is 5.26 Å². The Morgan fingerprint density at radius 1 is 1.18 bits per heavy atom. The molecule has 4 rings (SSSR count). The zero-order valence-corrected chi connectivity index (χ0v) is 24.7. The molecule has 39 heavy (non-hydrogen) atoms. The number of benzene rings is 1. The number of aromatic nitrogens is 1. The van der Waals surface area contributed by atoms with Gasteiger partial charge in [-0.1, -0.05) is 37.0 Å². The fourth-order valence-electron chi connectivity index (χ4n) is 5.10. The van der Waals surface area contributed by atoms with E-state index in [0.29, 0.717) is 51.7 Å². The van der Waals surface area contributed by atoms with Crippen LogP contribution in [0, 0.1) is 24.2 Å². The minimum absolute atomic E-state index is 0.112. The lowest BCUT2D eigenvalue weighted by Gasteiger charge is -2.35. The highest BCUT2D eigenvalue weighted by molar-refractivity contribution is 8.26. The van der Waals surface area contributed by atoms with Gasteiger partial charge in [0.05, 0.1) is 19.1 Å². The number of rotatable bonds is 8. The molecule has 0 bridgehead atoms. The van der Waals surface area contributed by atoms with E-state index in [2.05, 4.69) is 17.9 Å². The molecule has 2 aromatic rings. The number of nitriles is 1. The smallest absolute Gasteiger partial charge is 0.270 e. The first-order valence-corrected chi connectivity index (χ1v) is 14.3. The molecule has 1 aromatic carbocycles. The van der Waals surface area contributed by atoms with Gasteiger partial charge in [-0.25, -0.2) is 0 Å². The lowest BCUT2D eigenvalue weighted by atomic mass is 9.97. The molecule has 206 valence electrons. The molecule has 0 radical (unpaired) electrons. The number of carbonyl (C=O) groups excluding carboxylic acids is 1. The normalized spacial score (nSPS) is 17.2. The van der Waals surface area contributed by atoms with Gasteiger partial charge in [0, 0.05) is 31.7 Å². The maximum Gasteiger partial charge on any atom is 0.270 e. The monoisotopic (exact) mass is 566 g/mol. The number of thioether (sulfide) groups is 1. The Labute approximate surface area is 239 Å². The maximum atomic E-state index is 13.5. The second-order valence-electron chi connectivity index (χ2n) is 9.84. The third-order valence-electron chi connectivity index (χ3n) is 7.47. The first kappa shape index (κ1) is 28.7. The first-order valence-electron chi connectivity index (χ1n) is 13.1. The average molecular weight is 567 g/mol. The first-order chi connectivity index (χ1) is 18.7. The number of carbonyl (C=O) groups is 1. The highest BCUT2D eigenvalue weighted by Crippen LogP contribution is 2.37. The Morgan fingerprint density at radius 3 is 2.49 bits per heavy atom. The quantitative estimate of drug-likeness (QED) is 0.334. The summed E-state index contributed by atoms with van der Waals surface area (Å²) in [6.07, 6.45) is 4.46. The summed E-state index contributed by atoms with van der Waals surface area (Å²) in [6.45, 7) is 8.43. The molecule has 0 spiro atoms. The van der Waals surface area contributed by atoms with E-state index in [-0.39, 0.29) is 17.0 Å². The number of pyridine rings is 1. The van der Waals surface area contributed by atoms with Gasteiger partial charge in [-0.3, -0.25) is 19.1 Å². The van der Waals surface area contributed by atoms with Gasteiger partial charge in [-0.15, -0.1) is 0 Å². The van der Waals surface area contributed by atoms with Crippen LogP contribution in [0.15, 0.2) is 27.9 Å². The van der Waals surface area contributed by atoms with Gasteiger partial charge in [0.2, 0.25) is 0 Å². The molecule has 3 heterocycles. The predicted octanol–water partition coefficient (Wildman–Crippen LogP) is 4.75. The second-order valence-corrected chi connectivity index (χ2v) is 11.5. The molecule has 1 aromatic heterocycles. The summed E-state index contributed by atoms with van der Waals surface area (Å²) in [5, 5.41) is 9.81. The van der Waals surface area contributed by atoms with E-state index in [4.69, 9.17) is 21.7 Å². The molecule has 0 atom stereocenters. The Morgan fingerprint density at radius 2 is 1.87 bits per heavy atom. The Bertz CT molecular complexity index is 1420. The van der Waals surface area contributed by atoms with Crippen LogP contribution in [0.4, 0.5) is 5.82 Å². The lowest BCUT2D eigenvalue weighted by molar-refractivity contribution is -0.122. The van der Waals surface area contributed by atoms with Gasteiger partial charge >= 0.3 is 0 Å². The van der Waals surface area contributed by atoms with E-state index in [0.717, 1.165) is 42.9 Å². The third kappa shape index (κ3) is 5.70. The van der Waals surface area contributed by atoms with E-state index < -0.39 is 0 Å². The molecule has 2 aliphatic heterocycles.